The Labute approximate surface area is 142 Å². The predicted octanol–water partition coefficient (Wildman–Crippen LogP) is 2.99. The van der Waals surface area contributed by atoms with E-state index in [2.05, 4.69) is 24.1 Å². The molecule has 23 heavy (non-hydrogen) atoms. The molecule has 0 spiro atoms. The Morgan fingerprint density at radius 2 is 1.87 bits per heavy atom. The Morgan fingerprint density at radius 3 is 2.52 bits per heavy atom. The maximum Gasteiger partial charge on any atom is 0.252 e. The van der Waals surface area contributed by atoms with Crippen molar-refractivity contribution in [2.75, 3.05) is 26.7 Å². The molecular formula is C17H22N2O2S2. The minimum atomic E-state index is -3.39. The highest BCUT2D eigenvalue weighted by molar-refractivity contribution is 7.91. The van der Waals surface area contributed by atoms with Crippen LogP contribution in [0.25, 0.3) is 0 Å². The fourth-order valence-corrected chi connectivity index (χ4v) is 5.80. The molecule has 1 atom stereocenters. The lowest BCUT2D eigenvalue weighted by Crippen LogP contribution is -2.48. The summed E-state index contributed by atoms with van der Waals surface area (Å²) < 4.78 is 27.9. The number of benzene rings is 1. The van der Waals surface area contributed by atoms with E-state index in [0.717, 1.165) is 23.4 Å². The maximum atomic E-state index is 12.9. The molecule has 1 unspecified atom stereocenters. The number of hydrogen-bond acceptors (Lipinski definition) is 4. The molecule has 1 fully saturated rings. The summed E-state index contributed by atoms with van der Waals surface area (Å²) in [7, 11) is -1.33. The van der Waals surface area contributed by atoms with Gasteiger partial charge in [0.2, 0.25) is 0 Å². The lowest BCUT2D eigenvalue weighted by molar-refractivity contribution is 0.148. The largest absolute Gasteiger partial charge is 0.297 e. The van der Waals surface area contributed by atoms with E-state index in [1.807, 2.05) is 31.2 Å². The fraction of sp³-hybridized carbons (Fsp3) is 0.412. The van der Waals surface area contributed by atoms with Crippen LogP contribution in [-0.4, -0.2) is 44.3 Å². The number of rotatable bonds is 4. The van der Waals surface area contributed by atoms with Gasteiger partial charge >= 0.3 is 0 Å². The van der Waals surface area contributed by atoms with Gasteiger partial charge in [-0.3, -0.25) is 4.90 Å². The van der Waals surface area contributed by atoms with Gasteiger partial charge < -0.3 is 0 Å². The van der Waals surface area contributed by atoms with Crippen LogP contribution < -0.4 is 0 Å². The molecule has 1 aliphatic rings. The summed E-state index contributed by atoms with van der Waals surface area (Å²) in [6.45, 7) is 3.83. The van der Waals surface area contributed by atoms with Crippen LogP contribution in [-0.2, 0) is 16.4 Å². The topological polar surface area (TPSA) is 40.6 Å². The van der Waals surface area contributed by atoms with Crippen molar-refractivity contribution in [2.24, 2.45) is 0 Å². The smallest absolute Gasteiger partial charge is 0.252 e. The van der Waals surface area contributed by atoms with Gasteiger partial charge in [-0.15, -0.1) is 11.3 Å². The molecule has 0 saturated carbocycles. The summed E-state index contributed by atoms with van der Waals surface area (Å²) >= 11 is 1.39. The molecule has 1 aliphatic heterocycles. The standard InChI is InChI=1S/C17H22N2O2S2/c1-3-15-9-10-17(22-15)23(20,21)19-12-11-18(2)16(13-19)14-7-5-4-6-8-14/h4-10,16H,3,11-13H2,1-2H3. The van der Waals surface area contributed by atoms with Crippen molar-refractivity contribution in [3.63, 3.8) is 0 Å². The van der Waals surface area contributed by atoms with Crippen LogP contribution in [0.2, 0.25) is 0 Å². The Kier molecular flexibility index (Phi) is 4.87. The second-order valence-electron chi connectivity index (χ2n) is 5.84. The number of likely N-dealkylation sites (N-methyl/N-ethyl adjacent to an activating group) is 1. The number of nitrogens with zero attached hydrogens (tertiary/aromatic N) is 2. The third-order valence-corrected chi connectivity index (χ3v) is 7.94. The number of hydrogen-bond donors (Lipinski definition) is 0. The Morgan fingerprint density at radius 1 is 1.13 bits per heavy atom. The third kappa shape index (κ3) is 3.35. The number of aryl methyl sites for hydroxylation is 1. The zero-order valence-electron chi connectivity index (χ0n) is 13.5. The summed E-state index contributed by atoms with van der Waals surface area (Å²) in [5.41, 5.74) is 1.16. The highest BCUT2D eigenvalue weighted by Crippen LogP contribution is 2.30. The number of piperazine rings is 1. The van der Waals surface area contributed by atoms with Gasteiger partial charge in [0.15, 0.2) is 0 Å². The van der Waals surface area contributed by atoms with Crippen molar-refractivity contribution in [3.05, 3.63) is 52.9 Å². The molecule has 2 aromatic rings. The molecule has 0 amide bonds. The van der Waals surface area contributed by atoms with Gasteiger partial charge in [0.25, 0.3) is 10.0 Å². The van der Waals surface area contributed by atoms with E-state index in [9.17, 15) is 8.42 Å². The first-order valence-electron chi connectivity index (χ1n) is 7.86. The fourth-order valence-electron chi connectivity index (χ4n) is 2.92. The number of thiophene rings is 1. The molecule has 124 valence electrons. The molecule has 3 rings (SSSR count). The molecule has 0 bridgehead atoms. The highest BCUT2D eigenvalue weighted by atomic mass is 32.2. The van der Waals surface area contributed by atoms with Crippen LogP contribution in [0.3, 0.4) is 0 Å². The van der Waals surface area contributed by atoms with Crippen molar-refractivity contribution in [1.29, 1.82) is 0 Å². The number of sulfonamides is 1. The van der Waals surface area contributed by atoms with Crippen molar-refractivity contribution < 1.29 is 8.42 Å². The molecule has 6 heteroatoms. The molecule has 1 aromatic heterocycles. The Bertz CT molecular complexity index is 756. The van der Waals surface area contributed by atoms with Gasteiger partial charge in [-0.25, -0.2) is 8.42 Å². The molecule has 2 heterocycles. The molecule has 0 aliphatic carbocycles. The van der Waals surface area contributed by atoms with Crippen LogP contribution in [0.4, 0.5) is 0 Å². The van der Waals surface area contributed by atoms with E-state index < -0.39 is 10.0 Å². The van der Waals surface area contributed by atoms with Crippen LogP contribution in [0, 0.1) is 0 Å². The van der Waals surface area contributed by atoms with Crippen LogP contribution in [0.1, 0.15) is 23.4 Å². The van der Waals surface area contributed by atoms with Crippen molar-refractivity contribution in [1.82, 2.24) is 9.21 Å². The van der Waals surface area contributed by atoms with E-state index in [4.69, 9.17) is 0 Å². The summed E-state index contributed by atoms with van der Waals surface area (Å²) in [5, 5.41) is 0. The van der Waals surface area contributed by atoms with Gasteiger partial charge in [0.1, 0.15) is 4.21 Å². The van der Waals surface area contributed by atoms with Gasteiger partial charge in [-0.05, 0) is 31.2 Å². The van der Waals surface area contributed by atoms with Crippen molar-refractivity contribution in [2.45, 2.75) is 23.6 Å². The first-order chi connectivity index (χ1) is 11.0. The average Bonchev–Trinajstić information content (AvgIpc) is 3.06. The minimum Gasteiger partial charge on any atom is -0.297 e. The van der Waals surface area contributed by atoms with Gasteiger partial charge in [0, 0.05) is 30.6 Å². The van der Waals surface area contributed by atoms with Crippen LogP contribution in [0.15, 0.2) is 46.7 Å². The normalized spacial score (nSPS) is 20.7. The van der Waals surface area contributed by atoms with E-state index >= 15 is 0 Å². The van der Waals surface area contributed by atoms with Gasteiger partial charge in [0.05, 0.1) is 0 Å². The zero-order valence-corrected chi connectivity index (χ0v) is 15.1. The zero-order chi connectivity index (χ0) is 16.4. The highest BCUT2D eigenvalue weighted by Gasteiger charge is 2.34. The van der Waals surface area contributed by atoms with Gasteiger partial charge in [-0.2, -0.15) is 4.31 Å². The third-order valence-electron chi connectivity index (χ3n) is 4.37. The SMILES string of the molecule is CCc1ccc(S(=O)(=O)N2CCN(C)C(c3ccccc3)C2)s1. The van der Waals surface area contributed by atoms with E-state index in [0.29, 0.717) is 17.3 Å². The quantitative estimate of drug-likeness (QED) is 0.851. The predicted molar refractivity (Wildman–Crippen MR) is 94.3 cm³/mol. The van der Waals surface area contributed by atoms with Crippen LogP contribution >= 0.6 is 11.3 Å². The van der Waals surface area contributed by atoms with Crippen molar-refractivity contribution >= 4 is 21.4 Å². The van der Waals surface area contributed by atoms with E-state index in [-0.39, 0.29) is 6.04 Å². The lowest BCUT2D eigenvalue weighted by atomic mass is 10.0. The van der Waals surface area contributed by atoms with E-state index in [1.54, 1.807) is 10.4 Å². The second kappa shape index (κ2) is 6.73. The minimum absolute atomic E-state index is 0.102. The van der Waals surface area contributed by atoms with Crippen LogP contribution in [0.5, 0.6) is 0 Å². The summed E-state index contributed by atoms with van der Waals surface area (Å²) in [6.07, 6.45) is 0.871. The summed E-state index contributed by atoms with van der Waals surface area (Å²) in [5.74, 6) is 0. The average molecular weight is 351 g/mol. The molecular weight excluding hydrogens is 328 g/mol. The molecule has 0 radical (unpaired) electrons. The Hall–Kier alpha value is -1.21. The van der Waals surface area contributed by atoms with E-state index in [1.165, 1.54) is 11.3 Å². The monoisotopic (exact) mass is 350 g/mol. The Balaban J connectivity index is 1.85. The van der Waals surface area contributed by atoms with Gasteiger partial charge in [-0.1, -0.05) is 37.3 Å². The second-order valence-corrected chi connectivity index (χ2v) is 9.18. The lowest BCUT2D eigenvalue weighted by Gasteiger charge is -2.38. The molecule has 1 aromatic carbocycles. The summed E-state index contributed by atoms with van der Waals surface area (Å²) in [6, 6.07) is 13.9. The molecule has 1 saturated heterocycles. The first kappa shape index (κ1) is 16.6. The summed E-state index contributed by atoms with van der Waals surface area (Å²) in [4.78, 5) is 3.34. The molecule has 4 nitrogen and oxygen atoms in total. The van der Waals surface area contributed by atoms with Crippen molar-refractivity contribution in [3.8, 4) is 0 Å². The molecule has 0 N–H and O–H groups in total. The maximum absolute atomic E-state index is 12.9. The first-order valence-corrected chi connectivity index (χ1v) is 10.1.